The normalized spacial score (nSPS) is 11.7. The van der Waals surface area contributed by atoms with Gasteiger partial charge >= 0.3 is 5.97 Å². The van der Waals surface area contributed by atoms with E-state index in [1.54, 1.807) is 6.92 Å². The smallest absolute Gasteiger partial charge is 0.351 e. The first-order valence-corrected chi connectivity index (χ1v) is 9.37. The number of nitrogens with zero attached hydrogens (tertiary/aromatic N) is 1. The zero-order valence-corrected chi connectivity index (χ0v) is 16.2. The number of carbonyl (C=O) groups excluding carboxylic acids is 2. The number of aromatic nitrogens is 1. The fourth-order valence-corrected chi connectivity index (χ4v) is 3.33. The van der Waals surface area contributed by atoms with Gasteiger partial charge in [-0.1, -0.05) is 48.0 Å². The molecule has 3 rings (SSSR count). The molecule has 2 aromatic carbocycles. The highest BCUT2D eigenvalue weighted by Crippen LogP contribution is 2.29. The summed E-state index contributed by atoms with van der Waals surface area (Å²) in [6.07, 6.45) is -0.926. The van der Waals surface area contributed by atoms with Gasteiger partial charge in [0.15, 0.2) is 6.10 Å². The molecule has 0 radical (unpaired) electrons. The molecule has 1 heterocycles. The van der Waals surface area contributed by atoms with Crippen LogP contribution in [0.2, 0.25) is 0 Å². The lowest BCUT2D eigenvalue weighted by Crippen LogP contribution is -2.29. The minimum absolute atomic E-state index is 0.380. The van der Waals surface area contributed by atoms with Crippen molar-refractivity contribution in [3.63, 3.8) is 0 Å². The lowest BCUT2D eigenvalue weighted by atomic mass is 10.1. The van der Waals surface area contributed by atoms with Crippen LogP contribution < -0.4 is 5.32 Å². The van der Waals surface area contributed by atoms with E-state index in [4.69, 9.17) is 4.74 Å². The summed E-state index contributed by atoms with van der Waals surface area (Å²) in [5.74, 6) is -0.930. The van der Waals surface area contributed by atoms with Crippen LogP contribution in [-0.2, 0) is 9.53 Å². The Morgan fingerprint density at radius 2 is 1.70 bits per heavy atom. The highest BCUT2D eigenvalue weighted by Gasteiger charge is 2.24. The summed E-state index contributed by atoms with van der Waals surface area (Å²) in [6.45, 7) is 5.36. The Balaban J connectivity index is 1.71. The van der Waals surface area contributed by atoms with Gasteiger partial charge in [0.05, 0.1) is 10.7 Å². The zero-order valence-electron chi connectivity index (χ0n) is 15.4. The molecule has 0 saturated heterocycles. The summed E-state index contributed by atoms with van der Waals surface area (Å²) >= 11 is 1.26. The molecule has 1 atom stereocenters. The van der Waals surface area contributed by atoms with Crippen LogP contribution in [0.3, 0.4) is 0 Å². The van der Waals surface area contributed by atoms with Crippen LogP contribution in [0.1, 0.15) is 27.2 Å². The van der Waals surface area contributed by atoms with E-state index in [-0.39, 0.29) is 5.91 Å². The van der Waals surface area contributed by atoms with Crippen LogP contribution >= 0.6 is 11.3 Å². The molecule has 0 fully saturated rings. The van der Waals surface area contributed by atoms with E-state index in [1.807, 2.05) is 68.4 Å². The highest BCUT2D eigenvalue weighted by atomic mass is 32.1. The molecule has 0 spiro atoms. The summed E-state index contributed by atoms with van der Waals surface area (Å²) in [7, 11) is 0. The van der Waals surface area contributed by atoms with Crippen molar-refractivity contribution in [2.75, 3.05) is 5.32 Å². The predicted molar refractivity (Wildman–Crippen MR) is 107 cm³/mol. The number of amides is 1. The number of rotatable bonds is 5. The summed E-state index contributed by atoms with van der Waals surface area (Å²) in [5, 5.41) is 3.51. The number of esters is 1. The van der Waals surface area contributed by atoms with Crippen molar-refractivity contribution in [2.24, 2.45) is 0 Å². The minimum atomic E-state index is -0.926. The molecule has 0 unspecified atom stereocenters. The van der Waals surface area contributed by atoms with Crippen molar-refractivity contribution in [1.29, 1.82) is 0 Å². The molecule has 6 heteroatoms. The van der Waals surface area contributed by atoms with Crippen molar-refractivity contribution in [2.45, 2.75) is 26.9 Å². The third kappa shape index (κ3) is 4.60. The van der Waals surface area contributed by atoms with E-state index >= 15 is 0 Å². The predicted octanol–water partition coefficient (Wildman–Crippen LogP) is 4.61. The molecule has 3 aromatic rings. The molecule has 27 heavy (non-hydrogen) atoms. The molecule has 138 valence electrons. The second-order valence-electron chi connectivity index (χ2n) is 6.18. The number of ether oxygens (including phenoxy) is 1. The van der Waals surface area contributed by atoms with Crippen molar-refractivity contribution < 1.29 is 14.3 Å². The highest BCUT2D eigenvalue weighted by molar-refractivity contribution is 7.14. The summed E-state index contributed by atoms with van der Waals surface area (Å²) in [5.41, 5.74) is 3.17. The Kier molecular flexibility index (Phi) is 5.66. The average molecular weight is 380 g/mol. The van der Waals surface area contributed by atoms with E-state index in [2.05, 4.69) is 10.3 Å². The van der Waals surface area contributed by atoms with E-state index in [0.717, 1.165) is 16.1 Å². The molecule has 1 amide bonds. The maximum absolute atomic E-state index is 12.6. The van der Waals surface area contributed by atoms with Gasteiger partial charge in [0.25, 0.3) is 5.91 Å². The maximum Gasteiger partial charge on any atom is 0.351 e. The minimum Gasteiger partial charge on any atom is -0.448 e. The SMILES string of the molecule is Cc1ccc(NC(=O)[C@@H](C)OC(=O)c2sc(C)nc2-c2ccccc2)cc1. The Labute approximate surface area is 162 Å². The fraction of sp³-hybridized carbons (Fsp3) is 0.190. The topological polar surface area (TPSA) is 68.3 Å². The van der Waals surface area contributed by atoms with E-state index in [9.17, 15) is 9.59 Å². The zero-order chi connectivity index (χ0) is 19.4. The van der Waals surface area contributed by atoms with Crippen LogP contribution in [0.25, 0.3) is 11.3 Å². The number of aryl methyl sites for hydroxylation is 2. The van der Waals surface area contributed by atoms with E-state index in [1.165, 1.54) is 11.3 Å². The summed E-state index contributed by atoms with van der Waals surface area (Å²) in [4.78, 5) is 29.8. The average Bonchev–Trinajstić information content (AvgIpc) is 3.06. The van der Waals surface area contributed by atoms with E-state index < -0.39 is 12.1 Å². The molecule has 0 aliphatic rings. The van der Waals surface area contributed by atoms with Crippen molar-refractivity contribution >= 4 is 28.9 Å². The van der Waals surface area contributed by atoms with Gasteiger partial charge in [-0.15, -0.1) is 11.3 Å². The number of nitrogens with one attached hydrogen (secondary N) is 1. The van der Waals surface area contributed by atoms with Crippen LogP contribution in [0.4, 0.5) is 5.69 Å². The van der Waals surface area contributed by atoms with Crippen LogP contribution in [0.5, 0.6) is 0 Å². The van der Waals surface area contributed by atoms with Gasteiger partial charge < -0.3 is 10.1 Å². The molecule has 5 nitrogen and oxygen atoms in total. The van der Waals surface area contributed by atoms with Crippen LogP contribution in [0, 0.1) is 13.8 Å². The monoisotopic (exact) mass is 380 g/mol. The molecule has 1 N–H and O–H groups in total. The standard InChI is InChI=1S/C21H20N2O3S/c1-13-9-11-17(12-10-13)23-20(24)14(2)26-21(25)19-18(22-15(3)27-19)16-7-5-4-6-8-16/h4-12,14H,1-3H3,(H,23,24)/t14-/m1/s1. The Morgan fingerprint density at radius 3 is 2.37 bits per heavy atom. The van der Waals surface area contributed by atoms with Gasteiger partial charge in [-0.25, -0.2) is 9.78 Å². The summed E-state index contributed by atoms with van der Waals surface area (Å²) in [6, 6.07) is 16.9. The van der Waals surface area contributed by atoms with Gasteiger partial charge in [-0.05, 0) is 32.9 Å². The lowest BCUT2D eigenvalue weighted by Gasteiger charge is -2.13. The van der Waals surface area contributed by atoms with Crippen molar-refractivity contribution in [3.8, 4) is 11.3 Å². The van der Waals surface area contributed by atoms with Gasteiger partial charge in [0, 0.05) is 11.3 Å². The third-order valence-electron chi connectivity index (χ3n) is 3.94. The molecule has 0 saturated carbocycles. The Morgan fingerprint density at radius 1 is 1.04 bits per heavy atom. The fourth-order valence-electron chi connectivity index (χ4n) is 2.51. The van der Waals surface area contributed by atoms with E-state index in [0.29, 0.717) is 16.3 Å². The molecular weight excluding hydrogens is 360 g/mol. The van der Waals surface area contributed by atoms with Gasteiger partial charge in [0.2, 0.25) is 0 Å². The number of hydrogen-bond donors (Lipinski definition) is 1. The summed E-state index contributed by atoms with van der Waals surface area (Å²) < 4.78 is 5.39. The number of anilines is 1. The quantitative estimate of drug-likeness (QED) is 0.656. The molecule has 1 aromatic heterocycles. The third-order valence-corrected chi connectivity index (χ3v) is 4.89. The first kappa shape index (κ1) is 18.8. The molecular formula is C21H20N2O3S. The number of benzene rings is 2. The lowest BCUT2D eigenvalue weighted by molar-refractivity contribution is -0.123. The first-order valence-electron chi connectivity index (χ1n) is 8.55. The molecule has 0 bridgehead atoms. The number of hydrogen-bond acceptors (Lipinski definition) is 5. The Hall–Kier alpha value is -2.99. The van der Waals surface area contributed by atoms with Gasteiger partial charge in [0.1, 0.15) is 4.88 Å². The second-order valence-corrected chi connectivity index (χ2v) is 7.38. The second kappa shape index (κ2) is 8.14. The number of carbonyl (C=O) groups is 2. The molecule has 0 aliphatic carbocycles. The molecule has 0 aliphatic heterocycles. The number of thiazole rings is 1. The van der Waals surface area contributed by atoms with Crippen LogP contribution in [0.15, 0.2) is 54.6 Å². The van der Waals surface area contributed by atoms with Gasteiger partial charge in [-0.3, -0.25) is 4.79 Å². The Bertz CT molecular complexity index is 949. The van der Waals surface area contributed by atoms with Crippen LogP contribution in [-0.4, -0.2) is 23.0 Å². The largest absolute Gasteiger partial charge is 0.448 e. The van der Waals surface area contributed by atoms with Crippen molar-refractivity contribution in [3.05, 3.63) is 70.0 Å². The first-order chi connectivity index (χ1) is 12.9. The maximum atomic E-state index is 12.6. The van der Waals surface area contributed by atoms with Gasteiger partial charge in [-0.2, -0.15) is 0 Å². The van der Waals surface area contributed by atoms with Crippen molar-refractivity contribution in [1.82, 2.24) is 4.98 Å².